The highest BCUT2D eigenvalue weighted by atomic mass is 32.2. The topological polar surface area (TPSA) is 67.1 Å². The van der Waals surface area contributed by atoms with Crippen LogP contribution in [-0.2, 0) is 6.54 Å². The SMILES string of the molecule is CCNC(=NCCCCn1cnnc1)NC1CCC(SCC)C1. The average Bonchev–Trinajstić information content (AvgIpc) is 3.19. The Morgan fingerprint density at radius 3 is 2.83 bits per heavy atom. The number of aliphatic imine (C=N–C) groups is 1. The van der Waals surface area contributed by atoms with E-state index in [-0.39, 0.29) is 0 Å². The molecule has 130 valence electrons. The van der Waals surface area contributed by atoms with E-state index in [9.17, 15) is 0 Å². The molecule has 2 N–H and O–H groups in total. The van der Waals surface area contributed by atoms with Crippen molar-refractivity contribution in [3.63, 3.8) is 0 Å². The standard InChI is InChI=1S/C16H30N6S/c1-3-17-16(21-14-7-8-15(11-14)23-4-2)18-9-5-6-10-22-12-19-20-13-22/h12-15H,3-11H2,1-2H3,(H2,17,18,21). The molecule has 1 aromatic heterocycles. The molecule has 2 rings (SSSR count). The van der Waals surface area contributed by atoms with Crippen LogP contribution in [0.1, 0.15) is 46.0 Å². The summed E-state index contributed by atoms with van der Waals surface area (Å²) in [6.45, 7) is 7.10. The van der Waals surface area contributed by atoms with Gasteiger partial charge in [0.1, 0.15) is 12.7 Å². The summed E-state index contributed by atoms with van der Waals surface area (Å²) in [6, 6.07) is 0.578. The molecule has 0 amide bonds. The molecule has 1 aromatic rings. The molecule has 0 spiro atoms. The normalized spacial score (nSPS) is 21.6. The van der Waals surface area contributed by atoms with Crippen LogP contribution in [0, 0.1) is 0 Å². The van der Waals surface area contributed by atoms with Crippen LogP contribution in [0.4, 0.5) is 0 Å². The van der Waals surface area contributed by atoms with Gasteiger partial charge in [-0.2, -0.15) is 11.8 Å². The van der Waals surface area contributed by atoms with Gasteiger partial charge in [-0.3, -0.25) is 4.99 Å². The summed E-state index contributed by atoms with van der Waals surface area (Å²) in [5.41, 5.74) is 0. The second-order valence-electron chi connectivity index (χ2n) is 5.90. The van der Waals surface area contributed by atoms with E-state index in [2.05, 4.69) is 46.4 Å². The number of unbranched alkanes of at least 4 members (excludes halogenated alkanes) is 1. The maximum Gasteiger partial charge on any atom is 0.191 e. The molecule has 1 aliphatic carbocycles. The number of guanidine groups is 1. The number of nitrogens with zero attached hydrogens (tertiary/aromatic N) is 4. The predicted molar refractivity (Wildman–Crippen MR) is 97.9 cm³/mol. The summed E-state index contributed by atoms with van der Waals surface area (Å²) in [6.07, 6.45) is 9.55. The zero-order chi connectivity index (χ0) is 16.3. The van der Waals surface area contributed by atoms with Crippen LogP contribution in [0.5, 0.6) is 0 Å². The third kappa shape index (κ3) is 6.81. The van der Waals surface area contributed by atoms with E-state index in [0.29, 0.717) is 6.04 Å². The molecule has 2 atom stereocenters. The smallest absolute Gasteiger partial charge is 0.191 e. The summed E-state index contributed by atoms with van der Waals surface area (Å²) in [5, 5.41) is 15.4. The highest BCUT2D eigenvalue weighted by molar-refractivity contribution is 7.99. The fourth-order valence-corrected chi connectivity index (χ4v) is 4.05. The predicted octanol–water partition coefficient (Wildman–Crippen LogP) is 2.29. The fraction of sp³-hybridized carbons (Fsp3) is 0.812. The van der Waals surface area contributed by atoms with E-state index < -0.39 is 0 Å². The van der Waals surface area contributed by atoms with E-state index in [1.54, 1.807) is 12.7 Å². The number of thioether (sulfide) groups is 1. The Morgan fingerprint density at radius 1 is 1.26 bits per heavy atom. The van der Waals surface area contributed by atoms with Crippen LogP contribution in [0.25, 0.3) is 0 Å². The summed E-state index contributed by atoms with van der Waals surface area (Å²) in [7, 11) is 0. The van der Waals surface area contributed by atoms with Crippen molar-refractivity contribution in [2.45, 2.75) is 63.8 Å². The summed E-state index contributed by atoms with van der Waals surface area (Å²) in [5.74, 6) is 2.20. The molecule has 1 fully saturated rings. The average molecular weight is 339 g/mol. The molecule has 1 heterocycles. The molecule has 1 saturated carbocycles. The minimum absolute atomic E-state index is 0.578. The molecular formula is C16H30N6S. The lowest BCUT2D eigenvalue weighted by atomic mass is 10.2. The van der Waals surface area contributed by atoms with Gasteiger partial charge in [-0.1, -0.05) is 6.92 Å². The van der Waals surface area contributed by atoms with Crippen molar-refractivity contribution in [3.8, 4) is 0 Å². The van der Waals surface area contributed by atoms with Crippen molar-refractivity contribution in [1.82, 2.24) is 25.4 Å². The van der Waals surface area contributed by atoms with Crippen molar-refractivity contribution in [3.05, 3.63) is 12.7 Å². The molecule has 2 unspecified atom stereocenters. The minimum atomic E-state index is 0.578. The number of hydrogen-bond donors (Lipinski definition) is 2. The Labute approximate surface area is 143 Å². The van der Waals surface area contributed by atoms with Crippen LogP contribution in [0.15, 0.2) is 17.6 Å². The quantitative estimate of drug-likeness (QED) is 0.411. The minimum Gasteiger partial charge on any atom is -0.357 e. The number of aromatic nitrogens is 3. The van der Waals surface area contributed by atoms with Crippen molar-refractivity contribution < 1.29 is 0 Å². The molecule has 0 bridgehead atoms. The third-order valence-corrected chi connectivity index (χ3v) is 5.27. The fourth-order valence-electron chi connectivity index (χ4n) is 2.91. The first kappa shape index (κ1) is 18.1. The summed E-state index contributed by atoms with van der Waals surface area (Å²) < 4.78 is 2.01. The van der Waals surface area contributed by atoms with Gasteiger partial charge in [0.25, 0.3) is 0 Å². The largest absolute Gasteiger partial charge is 0.357 e. The molecule has 0 saturated heterocycles. The Balaban J connectivity index is 1.67. The maximum absolute atomic E-state index is 4.71. The van der Waals surface area contributed by atoms with Crippen molar-refractivity contribution in [2.24, 2.45) is 4.99 Å². The van der Waals surface area contributed by atoms with Crippen LogP contribution < -0.4 is 10.6 Å². The molecule has 1 aliphatic rings. The van der Waals surface area contributed by atoms with Gasteiger partial charge in [0.2, 0.25) is 0 Å². The highest BCUT2D eigenvalue weighted by Crippen LogP contribution is 2.29. The molecule has 6 nitrogen and oxygen atoms in total. The van der Waals surface area contributed by atoms with Crippen molar-refractivity contribution >= 4 is 17.7 Å². The Hall–Kier alpha value is -1.24. The van der Waals surface area contributed by atoms with Gasteiger partial charge in [-0.25, -0.2) is 0 Å². The first-order valence-electron chi connectivity index (χ1n) is 8.80. The molecule has 0 aromatic carbocycles. The van der Waals surface area contributed by atoms with Crippen LogP contribution in [0.2, 0.25) is 0 Å². The molecule has 23 heavy (non-hydrogen) atoms. The van der Waals surface area contributed by atoms with Gasteiger partial charge in [0, 0.05) is 30.9 Å². The number of rotatable bonds is 9. The third-order valence-electron chi connectivity index (χ3n) is 4.03. The van der Waals surface area contributed by atoms with Crippen LogP contribution >= 0.6 is 11.8 Å². The molecule has 7 heteroatoms. The lowest BCUT2D eigenvalue weighted by molar-refractivity contribution is 0.599. The zero-order valence-corrected chi connectivity index (χ0v) is 15.2. The van der Waals surface area contributed by atoms with Gasteiger partial charge in [-0.05, 0) is 44.8 Å². The Kier molecular flexibility index (Phi) is 8.28. The first-order chi connectivity index (χ1) is 11.3. The Morgan fingerprint density at radius 2 is 2.09 bits per heavy atom. The Bertz CT molecular complexity index is 447. The molecular weight excluding hydrogens is 308 g/mol. The van der Waals surface area contributed by atoms with Crippen LogP contribution in [-0.4, -0.2) is 50.9 Å². The van der Waals surface area contributed by atoms with Gasteiger partial charge < -0.3 is 15.2 Å². The summed E-state index contributed by atoms with van der Waals surface area (Å²) in [4.78, 5) is 4.71. The highest BCUT2D eigenvalue weighted by Gasteiger charge is 2.24. The van der Waals surface area contributed by atoms with Crippen LogP contribution in [0.3, 0.4) is 0 Å². The van der Waals surface area contributed by atoms with Gasteiger partial charge >= 0.3 is 0 Å². The number of aryl methyl sites for hydroxylation is 1. The van der Waals surface area contributed by atoms with Crippen molar-refractivity contribution in [2.75, 3.05) is 18.8 Å². The van der Waals surface area contributed by atoms with Gasteiger partial charge in [0.05, 0.1) is 0 Å². The number of nitrogens with one attached hydrogen (secondary N) is 2. The second kappa shape index (κ2) is 10.5. The maximum atomic E-state index is 4.71. The molecule has 0 aliphatic heterocycles. The van der Waals surface area contributed by atoms with E-state index in [1.165, 1.54) is 25.0 Å². The first-order valence-corrected chi connectivity index (χ1v) is 9.85. The number of hydrogen-bond acceptors (Lipinski definition) is 4. The lowest BCUT2D eigenvalue weighted by Gasteiger charge is -2.17. The lowest BCUT2D eigenvalue weighted by Crippen LogP contribution is -2.42. The van der Waals surface area contributed by atoms with E-state index >= 15 is 0 Å². The summed E-state index contributed by atoms with van der Waals surface area (Å²) >= 11 is 2.09. The molecule has 0 radical (unpaired) electrons. The van der Waals surface area contributed by atoms with Crippen molar-refractivity contribution in [1.29, 1.82) is 0 Å². The van der Waals surface area contributed by atoms with E-state index in [0.717, 1.165) is 43.7 Å². The van der Waals surface area contributed by atoms with Gasteiger partial charge in [-0.15, -0.1) is 10.2 Å². The van der Waals surface area contributed by atoms with E-state index in [4.69, 9.17) is 4.99 Å². The monoisotopic (exact) mass is 338 g/mol. The van der Waals surface area contributed by atoms with E-state index in [1.807, 2.05) is 4.57 Å². The zero-order valence-electron chi connectivity index (χ0n) is 14.4. The second-order valence-corrected chi connectivity index (χ2v) is 7.48. The van der Waals surface area contributed by atoms with Gasteiger partial charge in [0.15, 0.2) is 5.96 Å².